The maximum atomic E-state index is 13.3. The molecule has 0 spiro atoms. The smallest absolute Gasteiger partial charge is 0.225 e. The molecule has 1 aliphatic heterocycles. The summed E-state index contributed by atoms with van der Waals surface area (Å²) in [5.41, 5.74) is 3.23. The summed E-state index contributed by atoms with van der Waals surface area (Å²) in [5.74, 6) is 2.03. The Labute approximate surface area is 187 Å². The van der Waals surface area contributed by atoms with Crippen LogP contribution in [0.4, 0.5) is 0 Å². The summed E-state index contributed by atoms with van der Waals surface area (Å²) < 4.78 is 21.5. The molecule has 0 saturated carbocycles. The highest BCUT2D eigenvalue weighted by atomic mass is 16.5. The number of Topliss-reactive ketones (excluding diaryl/α,β-unsaturated/α-hetero) is 1. The van der Waals surface area contributed by atoms with Crippen LogP contribution in [-0.2, 0) is 9.59 Å². The van der Waals surface area contributed by atoms with Crippen molar-refractivity contribution in [2.45, 2.75) is 31.1 Å². The van der Waals surface area contributed by atoms with Crippen LogP contribution < -0.4 is 24.3 Å². The third kappa shape index (κ3) is 3.90. The lowest BCUT2D eigenvalue weighted by atomic mass is 9.73. The normalized spacial score (nSPS) is 20.4. The van der Waals surface area contributed by atoms with E-state index in [1.807, 2.05) is 30.3 Å². The molecule has 4 rings (SSSR count). The molecular formula is C25H27NO6. The van der Waals surface area contributed by atoms with Crippen molar-refractivity contribution in [3.63, 3.8) is 0 Å². The predicted molar refractivity (Wildman–Crippen MR) is 119 cm³/mol. The summed E-state index contributed by atoms with van der Waals surface area (Å²) in [4.78, 5) is 25.9. The second-order valence-corrected chi connectivity index (χ2v) is 7.95. The second-order valence-electron chi connectivity index (χ2n) is 7.95. The fourth-order valence-corrected chi connectivity index (χ4v) is 4.66. The van der Waals surface area contributed by atoms with Crippen molar-refractivity contribution in [3.05, 3.63) is 58.8 Å². The SMILES string of the molecule is COc1ccc([C@@H]2CC(=O)C3=C(C2)NC(=O)C[C@H]3c2ccc(OC)c(OC)c2)cc1OC. The minimum Gasteiger partial charge on any atom is -0.493 e. The largest absolute Gasteiger partial charge is 0.493 e. The van der Waals surface area contributed by atoms with Gasteiger partial charge in [0.2, 0.25) is 5.91 Å². The third-order valence-corrected chi connectivity index (χ3v) is 6.23. The average molecular weight is 437 g/mol. The van der Waals surface area contributed by atoms with Crippen LogP contribution in [0, 0.1) is 0 Å². The van der Waals surface area contributed by atoms with Crippen molar-refractivity contribution in [1.29, 1.82) is 0 Å². The molecule has 2 atom stereocenters. The van der Waals surface area contributed by atoms with Gasteiger partial charge in [-0.1, -0.05) is 12.1 Å². The topological polar surface area (TPSA) is 83.1 Å². The molecule has 7 heteroatoms. The summed E-state index contributed by atoms with van der Waals surface area (Å²) in [6, 6.07) is 11.2. The van der Waals surface area contributed by atoms with Crippen molar-refractivity contribution >= 4 is 11.7 Å². The molecule has 2 aromatic carbocycles. The number of hydrogen-bond donors (Lipinski definition) is 1. The number of ether oxygens (including phenoxy) is 4. The number of amides is 1. The Morgan fingerprint density at radius 1 is 0.719 bits per heavy atom. The highest BCUT2D eigenvalue weighted by molar-refractivity contribution is 6.02. The van der Waals surface area contributed by atoms with Crippen molar-refractivity contribution in [2.75, 3.05) is 28.4 Å². The highest BCUT2D eigenvalue weighted by Crippen LogP contribution is 2.45. The number of benzene rings is 2. The molecule has 2 aliphatic rings. The van der Waals surface area contributed by atoms with E-state index in [9.17, 15) is 9.59 Å². The lowest BCUT2D eigenvalue weighted by molar-refractivity contribution is -0.122. The zero-order valence-corrected chi connectivity index (χ0v) is 18.7. The first-order valence-electron chi connectivity index (χ1n) is 10.5. The number of hydrogen-bond acceptors (Lipinski definition) is 6. The standard InChI is InChI=1S/C25H27NO6/c1-29-20-7-5-14(11-22(20)31-3)16-9-18-25(19(27)10-16)17(13-24(28)26-18)15-6-8-21(30-2)23(12-15)32-4/h5-8,11-12,16-17H,9-10,13H2,1-4H3,(H,26,28)/t16-,17-/m0/s1. The Bertz CT molecular complexity index is 1090. The van der Waals surface area contributed by atoms with Gasteiger partial charge in [0.1, 0.15) is 0 Å². The van der Waals surface area contributed by atoms with Gasteiger partial charge in [0, 0.05) is 30.0 Å². The molecule has 0 saturated heterocycles. The van der Waals surface area contributed by atoms with E-state index < -0.39 is 0 Å². The van der Waals surface area contributed by atoms with E-state index >= 15 is 0 Å². The molecule has 32 heavy (non-hydrogen) atoms. The molecule has 1 aliphatic carbocycles. The van der Waals surface area contributed by atoms with Crippen LogP contribution in [0.15, 0.2) is 47.7 Å². The summed E-state index contributed by atoms with van der Waals surface area (Å²) >= 11 is 0. The molecule has 1 heterocycles. The molecule has 1 N–H and O–H groups in total. The molecule has 0 aromatic heterocycles. The molecule has 1 amide bonds. The van der Waals surface area contributed by atoms with E-state index in [-0.39, 0.29) is 29.9 Å². The van der Waals surface area contributed by atoms with Crippen molar-refractivity contribution in [2.24, 2.45) is 0 Å². The molecule has 0 bridgehead atoms. The zero-order valence-electron chi connectivity index (χ0n) is 18.7. The number of allylic oxidation sites excluding steroid dienone is 2. The fourth-order valence-electron chi connectivity index (χ4n) is 4.66. The molecule has 168 valence electrons. The number of methoxy groups -OCH3 is 4. The van der Waals surface area contributed by atoms with Crippen LogP contribution in [0.2, 0.25) is 0 Å². The fraction of sp³-hybridized carbons (Fsp3) is 0.360. The first-order chi connectivity index (χ1) is 15.5. The summed E-state index contributed by atoms with van der Waals surface area (Å²) in [5, 5.41) is 2.96. The molecular weight excluding hydrogens is 410 g/mol. The van der Waals surface area contributed by atoms with E-state index in [1.54, 1.807) is 34.5 Å². The minimum absolute atomic E-state index is 0.0471. The Kier molecular flexibility index (Phi) is 6.08. The Hall–Kier alpha value is -3.48. The van der Waals surface area contributed by atoms with Gasteiger partial charge in [0.15, 0.2) is 28.8 Å². The maximum Gasteiger partial charge on any atom is 0.225 e. The number of nitrogens with one attached hydrogen (secondary N) is 1. The molecule has 0 unspecified atom stereocenters. The van der Waals surface area contributed by atoms with Gasteiger partial charge in [-0.25, -0.2) is 0 Å². The lowest BCUT2D eigenvalue weighted by Gasteiger charge is -2.34. The molecule has 2 aromatic rings. The highest BCUT2D eigenvalue weighted by Gasteiger charge is 2.38. The zero-order chi connectivity index (χ0) is 22.8. The number of rotatable bonds is 6. The number of carbonyl (C=O) groups is 2. The first-order valence-corrected chi connectivity index (χ1v) is 10.5. The van der Waals surface area contributed by atoms with Gasteiger partial charge in [-0.05, 0) is 47.7 Å². The summed E-state index contributed by atoms with van der Waals surface area (Å²) in [6.45, 7) is 0. The number of ketones is 1. The van der Waals surface area contributed by atoms with Crippen LogP contribution in [0.1, 0.15) is 42.2 Å². The third-order valence-electron chi connectivity index (χ3n) is 6.23. The van der Waals surface area contributed by atoms with Gasteiger partial charge in [0.05, 0.1) is 28.4 Å². The Morgan fingerprint density at radius 2 is 1.28 bits per heavy atom. The maximum absolute atomic E-state index is 13.3. The van der Waals surface area contributed by atoms with Crippen molar-refractivity contribution in [1.82, 2.24) is 5.32 Å². The van der Waals surface area contributed by atoms with Gasteiger partial charge < -0.3 is 24.3 Å². The second kappa shape index (κ2) is 8.94. The van der Waals surface area contributed by atoms with Crippen LogP contribution in [0.5, 0.6) is 23.0 Å². The van der Waals surface area contributed by atoms with Gasteiger partial charge >= 0.3 is 0 Å². The molecule has 7 nitrogen and oxygen atoms in total. The Balaban J connectivity index is 1.69. The van der Waals surface area contributed by atoms with Crippen LogP contribution in [-0.4, -0.2) is 40.1 Å². The van der Waals surface area contributed by atoms with E-state index in [4.69, 9.17) is 18.9 Å². The minimum atomic E-state index is -0.308. The van der Waals surface area contributed by atoms with Gasteiger partial charge in [0.25, 0.3) is 0 Å². The monoisotopic (exact) mass is 437 g/mol. The first kappa shape index (κ1) is 21.7. The van der Waals surface area contributed by atoms with E-state index in [2.05, 4.69) is 5.32 Å². The van der Waals surface area contributed by atoms with Crippen LogP contribution in [0.3, 0.4) is 0 Å². The van der Waals surface area contributed by atoms with Gasteiger partial charge in [-0.3, -0.25) is 9.59 Å². The Morgan fingerprint density at radius 3 is 1.88 bits per heavy atom. The summed E-state index contributed by atoms with van der Waals surface area (Å²) in [7, 11) is 6.32. The number of carbonyl (C=O) groups excluding carboxylic acids is 2. The van der Waals surface area contributed by atoms with Crippen LogP contribution >= 0.6 is 0 Å². The van der Waals surface area contributed by atoms with E-state index in [0.717, 1.165) is 11.1 Å². The van der Waals surface area contributed by atoms with Gasteiger partial charge in [-0.15, -0.1) is 0 Å². The summed E-state index contributed by atoms with van der Waals surface area (Å²) in [6.07, 6.45) is 1.17. The van der Waals surface area contributed by atoms with E-state index in [0.29, 0.717) is 47.1 Å². The lowest BCUT2D eigenvalue weighted by Crippen LogP contribution is -2.38. The van der Waals surface area contributed by atoms with Crippen LogP contribution in [0.25, 0.3) is 0 Å². The van der Waals surface area contributed by atoms with Crippen molar-refractivity contribution in [3.8, 4) is 23.0 Å². The quantitative estimate of drug-likeness (QED) is 0.742. The molecule has 0 radical (unpaired) electrons. The van der Waals surface area contributed by atoms with Crippen molar-refractivity contribution < 1.29 is 28.5 Å². The predicted octanol–water partition coefficient (Wildman–Crippen LogP) is 3.73. The van der Waals surface area contributed by atoms with Gasteiger partial charge in [-0.2, -0.15) is 0 Å². The average Bonchev–Trinajstić information content (AvgIpc) is 2.82. The molecule has 0 fully saturated rings. The van der Waals surface area contributed by atoms with E-state index in [1.165, 1.54) is 0 Å².